The smallest absolute Gasteiger partial charge is 0.460 e. The molecule has 0 heterocycles. The van der Waals surface area contributed by atoms with Crippen LogP contribution in [0.1, 0.15) is 59.6 Å². The fourth-order valence-corrected chi connectivity index (χ4v) is 11.1. The van der Waals surface area contributed by atoms with E-state index < -0.39 is 117 Å². The fourth-order valence-electron chi connectivity index (χ4n) is 6.61. The minimum absolute atomic E-state index is 0.0989. The topological polar surface area (TPSA) is 115 Å². The number of hydrogen-bond donors (Lipinski definition) is 3. The van der Waals surface area contributed by atoms with Gasteiger partial charge in [0.1, 0.15) is 24.2 Å². The van der Waals surface area contributed by atoms with Crippen molar-refractivity contribution in [1.29, 1.82) is 0 Å². The number of amides is 2. The number of allylic oxidation sites excluding steroid dienone is 2. The van der Waals surface area contributed by atoms with Gasteiger partial charge in [-0.05, 0) is 71.6 Å². The van der Waals surface area contributed by atoms with Gasteiger partial charge in [-0.15, -0.1) is 0 Å². The van der Waals surface area contributed by atoms with Crippen LogP contribution in [0.5, 0.6) is 11.5 Å². The van der Waals surface area contributed by atoms with Gasteiger partial charge in [0.05, 0.1) is 13.7 Å². The molecule has 0 radical (unpaired) electrons. The first-order chi connectivity index (χ1) is 30.8. The first-order valence-electron chi connectivity index (χ1n) is 19.9. The number of methoxy groups -OCH3 is 1. The summed E-state index contributed by atoms with van der Waals surface area (Å²) >= 11 is 0. The monoisotopic (exact) mass is 1030 g/mol. The molecule has 9 nitrogen and oxygen atoms in total. The number of hydrogen-bond acceptors (Lipinski definition) is 7. The maximum Gasteiger partial charge on any atom is 0.460 e. The predicted molar refractivity (Wildman–Crippen MR) is 212 cm³/mol. The van der Waals surface area contributed by atoms with Gasteiger partial charge in [0.25, 0.3) is 5.91 Å². The lowest BCUT2D eigenvalue weighted by atomic mass is 9.88. The summed E-state index contributed by atoms with van der Waals surface area (Å²) in [4.78, 5) is 24.5. The van der Waals surface area contributed by atoms with Crippen LogP contribution in [0, 0.1) is 5.92 Å². The molecule has 2 amide bonds. The Morgan fingerprint density at radius 3 is 1.60 bits per heavy atom. The number of benzene rings is 2. The van der Waals surface area contributed by atoms with Gasteiger partial charge in [-0.1, -0.05) is 58.9 Å². The lowest BCUT2D eigenvalue weighted by Gasteiger charge is -2.44. The first kappa shape index (κ1) is 59.3. The second-order valence-corrected chi connectivity index (χ2v) is 20.9. The summed E-state index contributed by atoms with van der Waals surface area (Å²) in [6.07, 6.45) is -8.15. The number of nitrogens with one attached hydrogen (secondary N) is 2. The third-order valence-corrected chi connectivity index (χ3v) is 16.4. The molecule has 386 valence electrons. The van der Waals surface area contributed by atoms with Gasteiger partial charge in [-0.2, -0.15) is 74.6 Å². The summed E-state index contributed by atoms with van der Waals surface area (Å²) in [6.45, 7) is 7.45. The van der Waals surface area contributed by atoms with Crippen LogP contribution in [-0.2, 0) is 14.0 Å². The van der Waals surface area contributed by atoms with E-state index >= 15 is 8.78 Å². The molecule has 0 spiro atoms. The zero-order chi connectivity index (χ0) is 52.7. The maximum atomic E-state index is 15.0. The third-order valence-electron chi connectivity index (χ3n) is 10.7. The van der Waals surface area contributed by atoms with Crippen LogP contribution in [0.25, 0.3) is 0 Å². The Hall–Kier alpha value is -4.79. The van der Waals surface area contributed by atoms with Crippen molar-refractivity contribution >= 4 is 26.0 Å². The van der Waals surface area contributed by atoms with Crippen molar-refractivity contribution in [3.05, 3.63) is 77.9 Å². The second-order valence-electron chi connectivity index (χ2n) is 15.9. The molecule has 68 heavy (non-hydrogen) atoms. The van der Waals surface area contributed by atoms with Gasteiger partial charge in [0.2, 0.25) is 0 Å². The van der Waals surface area contributed by atoms with E-state index in [1.54, 1.807) is 32.1 Å². The number of hydroxylamine groups is 1. The molecule has 0 aromatic heterocycles. The van der Waals surface area contributed by atoms with E-state index in [0.717, 1.165) is 6.08 Å². The quantitative estimate of drug-likeness (QED) is 0.0182. The van der Waals surface area contributed by atoms with Crippen LogP contribution in [0.2, 0.25) is 17.1 Å². The number of ether oxygens (including phenoxy) is 3. The molecule has 0 aliphatic carbocycles. The normalized spacial score (nSPS) is 15.1. The molecule has 0 unspecified atom stereocenters. The predicted octanol–water partition coefficient (Wildman–Crippen LogP) is 13.2. The lowest BCUT2D eigenvalue weighted by molar-refractivity contribution is -0.461. The molecule has 2 aromatic rings. The summed E-state index contributed by atoms with van der Waals surface area (Å²) in [5, 5.41) is 11.3. The minimum Gasteiger partial charge on any atom is -0.497 e. The van der Waals surface area contributed by atoms with Crippen molar-refractivity contribution in [1.82, 2.24) is 5.48 Å². The molecule has 0 aliphatic rings. The summed E-state index contributed by atoms with van der Waals surface area (Å²) < 4.78 is 258. The number of carbonyl (C=O) groups excluding carboxylic acids is 2. The molecule has 0 fully saturated rings. The van der Waals surface area contributed by atoms with Crippen LogP contribution in [-0.4, -0.2) is 93.5 Å². The van der Waals surface area contributed by atoms with E-state index in [2.05, 4.69) is 5.32 Å². The Bertz CT molecular complexity index is 2040. The molecule has 2 rings (SSSR count). The van der Waals surface area contributed by atoms with Crippen LogP contribution < -0.4 is 20.3 Å². The van der Waals surface area contributed by atoms with E-state index in [1.807, 2.05) is 0 Å². The molecule has 2 aromatic carbocycles. The summed E-state index contributed by atoms with van der Waals surface area (Å²) in [5.41, 5.74) is 0.758. The van der Waals surface area contributed by atoms with Gasteiger partial charge in [0, 0.05) is 24.1 Å². The number of alkyl halides is 17. The molecule has 2 atom stereocenters. The van der Waals surface area contributed by atoms with E-state index in [0.29, 0.717) is 22.6 Å². The Morgan fingerprint density at radius 2 is 1.15 bits per heavy atom. The standard InChI is InChI=1S/C41H47F17N2O7Si/c1-23(2)68(24(3)4,21-18-34(42,43)35(44,45)36(46,47)37(48,49)38(50,51)39(52,53)40(54,55)41(56,57)58)66-20-19-65-30-14-10-27(11-15-30)32(26(6)9-8-25(5)22-31(61)60-63)67-33(62)59-28-12-16-29(64-7)17-13-28/h8-17,22-24,26,32,63H,18-21H2,1-7H3,(H,59,62)(H,60,61)/b9-8+,25-22+/t26-,32-/m1/s1. The highest BCUT2D eigenvalue weighted by Crippen LogP contribution is 2.64. The molecule has 0 saturated carbocycles. The highest BCUT2D eigenvalue weighted by atomic mass is 28.4. The molecule has 27 heteroatoms. The van der Waals surface area contributed by atoms with Gasteiger partial charge in [-0.3, -0.25) is 15.3 Å². The lowest BCUT2D eigenvalue weighted by Crippen LogP contribution is -2.74. The van der Waals surface area contributed by atoms with Gasteiger partial charge < -0.3 is 18.6 Å². The van der Waals surface area contributed by atoms with Gasteiger partial charge in [0.15, 0.2) is 8.32 Å². The zero-order valence-electron chi connectivity index (χ0n) is 36.8. The van der Waals surface area contributed by atoms with E-state index in [4.69, 9.17) is 23.8 Å². The average molecular weight is 1030 g/mol. The van der Waals surface area contributed by atoms with Crippen LogP contribution in [0.15, 0.2) is 72.3 Å². The SMILES string of the molecule is COc1ccc(NC(=O)O[C@@H](c2ccc(OCCO[Si](CCC(F)(F)C(F)(F)C(F)(F)C(F)(F)C(F)(F)C(F)(F)C(F)(F)C(F)(F)F)(C(C)C)C(C)C)cc2)[C@H](C)/C=C/C(C)=C/C(=O)NO)cc1. The van der Waals surface area contributed by atoms with Crippen molar-refractivity contribution < 1.29 is 108 Å². The summed E-state index contributed by atoms with van der Waals surface area (Å²) in [7, 11) is -2.59. The van der Waals surface area contributed by atoms with Crippen molar-refractivity contribution in [2.45, 2.75) is 119 Å². The largest absolute Gasteiger partial charge is 0.497 e. The highest BCUT2D eigenvalue weighted by molar-refractivity contribution is 6.76. The minimum atomic E-state index is -8.71. The van der Waals surface area contributed by atoms with Gasteiger partial charge >= 0.3 is 53.7 Å². The highest BCUT2D eigenvalue weighted by Gasteiger charge is 2.95. The van der Waals surface area contributed by atoms with Crippen LogP contribution in [0.3, 0.4) is 0 Å². The Labute approximate surface area is 379 Å². The molecule has 3 N–H and O–H groups in total. The van der Waals surface area contributed by atoms with Crippen LogP contribution in [0.4, 0.5) is 85.1 Å². The number of anilines is 1. The second kappa shape index (κ2) is 21.9. The van der Waals surface area contributed by atoms with Crippen molar-refractivity contribution in [2.24, 2.45) is 5.92 Å². The third kappa shape index (κ3) is 12.3. The average Bonchev–Trinajstić information content (AvgIpc) is 3.23. The van der Waals surface area contributed by atoms with Crippen LogP contribution >= 0.6 is 0 Å². The first-order valence-corrected chi connectivity index (χ1v) is 22.1. The van der Waals surface area contributed by atoms with Crippen molar-refractivity contribution in [2.75, 3.05) is 25.6 Å². The van der Waals surface area contributed by atoms with Gasteiger partial charge in [-0.25, -0.2) is 10.3 Å². The number of halogens is 17. The Balaban J connectivity index is 2.33. The van der Waals surface area contributed by atoms with Crippen molar-refractivity contribution in [3.8, 4) is 11.5 Å². The molecule has 0 aliphatic heterocycles. The molecule has 0 saturated heterocycles. The Morgan fingerprint density at radius 1 is 0.676 bits per heavy atom. The maximum absolute atomic E-state index is 15.0. The van der Waals surface area contributed by atoms with E-state index in [-0.39, 0.29) is 5.75 Å². The molecular weight excluding hydrogens is 984 g/mol. The number of rotatable bonds is 24. The number of carbonyl (C=O) groups is 2. The summed E-state index contributed by atoms with van der Waals surface area (Å²) in [6, 6.07) is 10.6. The zero-order valence-corrected chi connectivity index (χ0v) is 37.8. The Kier molecular flexibility index (Phi) is 19.1. The van der Waals surface area contributed by atoms with E-state index in [9.17, 15) is 75.4 Å². The molecule has 0 bridgehead atoms. The van der Waals surface area contributed by atoms with E-state index in [1.165, 1.54) is 82.8 Å². The van der Waals surface area contributed by atoms with Crippen molar-refractivity contribution in [3.63, 3.8) is 0 Å². The summed E-state index contributed by atoms with van der Waals surface area (Å²) in [5.74, 6) is -57.7. The molecular formula is C41H47F17N2O7Si. The fraction of sp³-hybridized carbons (Fsp3) is 0.561.